The van der Waals surface area contributed by atoms with Crippen LogP contribution in [0.5, 0.6) is 5.75 Å². The van der Waals surface area contributed by atoms with Gasteiger partial charge >= 0.3 is 0 Å². The summed E-state index contributed by atoms with van der Waals surface area (Å²) in [7, 11) is 0. The number of primary amides is 1. The highest BCUT2D eigenvalue weighted by Crippen LogP contribution is 2.19. The summed E-state index contributed by atoms with van der Waals surface area (Å²) < 4.78 is 5.73. The Kier molecular flexibility index (Phi) is 6.44. The number of nitrogens with one attached hydrogen (secondary N) is 1. The van der Waals surface area contributed by atoms with E-state index in [1.54, 1.807) is 0 Å². The normalized spacial score (nSPS) is 11.9. The van der Waals surface area contributed by atoms with Gasteiger partial charge in [-0.05, 0) is 30.2 Å². The number of hydrogen-bond acceptors (Lipinski definition) is 3. The van der Waals surface area contributed by atoms with Crippen molar-refractivity contribution in [2.24, 2.45) is 5.73 Å². The van der Waals surface area contributed by atoms with Crippen LogP contribution < -0.4 is 15.8 Å². The van der Waals surface area contributed by atoms with Gasteiger partial charge in [0.1, 0.15) is 12.4 Å². The lowest BCUT2D eigenvalue weighted by atomic mass is 10.1. The van der Waals surface area contributed by atoms with Crippen LogP contribution in [0.1, 0.15) is 24.5 Å². The minimum absolute atomic E-state index is 0.300. The van der Waals surface area contributed by atoms with E-state index in [0.717, 1.165) is 16.9 Å². The van der Waals surface area contributed by atoms with E-state index >= 15 is 0 Å². The zero-order valence-corrected chi connectivity index (χ0v) is 13.8. The van der Waals surface area contributed by atoms with Gasteiger partial charge in [0.25, 0.3) is 0 Å². The average molecular weight is 333 g/mol. The molecule has 0 aliphatic rings. The van der Waals surface area contributed by atoms with Crippen molar-refractivity contribution >= 4 is 17.5 Å². The summed E-state index contributed by atoms with van der Waals surface area (Å²) in [5, 5.41) is 3.84. The molecule has 0 fully saturated rings. The van der Waals surface area contributed by atoms with Gasteiger partial charge in [-0.3, -0.25) is 4.79 Å². The number of carbonyl (C=O) groups is 1. The molecule has 1 atom stereocenters. The van der Waals surface area contributed by atoms with E-state index in [-0.39, 0.29) is 11.9 Å². The molecule has 23 heavy (non-hydrogen) atoms. The Bertz CT molecular complexity index is 644. The summed E-state index contributed by atoms with van der Waals surface area (Å²) in [6.07, 6.45) is 0.675. The molecule has 5 heteroatoms. The highest BCUT2D eigenvalue weighted by atomic mass is 35.5. The van der Waals surface area contributed by atoms with Crippen LogP contribution in [-0.2, 0) is 17.9 Å². The monoisotopic (exact) mass is 332 g/mol. The SMILES string of the molecule is CCC(NCc1ccc(OCc2ccccc2Cl)cc1)C(N)=O. The number of nitrogens with two attached hydrogens (primary N) is 1. The van der Waals surface area contributed by atoms with Gasteiger partial charge in [-0.2, -0.15) is 0 Å². The maximum Gasteiger partial charge on any atom is 0.234 e. The van der Waals surface area contributed by atoms with E-state index in [2.05, 4.69) is 5.32 Å². The van der Waals surface area contributed by atoms with Gasteiger partial charge < -0.3 is 15.8 Å². The number of halogens is 1. The largest absolute Gasteiger partial charge is 0.489 e. The predicted molar refractivity (Wildman–Crippen MR) is 92.3 cm³/mol. The fourth-order valence-corrected chi connectivity index (χ4v) is 2.36. The lowest BCUT2D eigenvalue weighted by Gasteiger charge is -2.13. The van der Waals surface area contributed by atoms with Crippen LogP contribution in [0.25, 0.3) is 0 Å². The van der Waals surface area contributed by atoms with Crippen molar-refractivity contribution in [2.75, 3.05) is 0 Å². The Labute approximate surface area is 141 Å². The molecule has 0 saturated heterocycles. The van der Waals surface area contributed by atoms with Crippen LogP contribution in [0.3, 0.4) is 0 Å². The van der Waals surface area contributed by atoms with Crippen molar-refractivity contribution in [1.82, 2.24) is 5.32 Å². The second-order valence-corrected chi connectivity index (χ2v) is 5.68. The molecule has 0 radical (unpaired) electrons. The average Bonchev–Trinajstić information content (AvgIpc) is 2.55. The Hall–Kier alpha value is -2.04. The number of benzene rings is 2. The minimum Gasteiger partial charge on any atom is -0.489 e. The quantitative estimate of drug-likeness (QED) is 0.779. The second kappa shape index (κ2) is 8.56. The van der Waals surface area contributed by atoms with Crippen molar-refractivity contribution in [3.05, 3.63) is 64.7 Å². The van der Waals surface area contributed by atoms with Gasteiger partial charge in [-0.15, -0.1) is 0 Å². The maximum atomic E-state index is 11.2. The van der Waals surface area contributed by atoms with Crippen LogP contribution in [0, 0.1) is 0 Å². The first-order chi connectivity index (χ1) is 11.1. The maximum absolute atomic E-state index is 11.2. The third-order valence-corrected chi connectivity index (χ3v) is 3.95. The Morgan fingerprint density at radius 2 is 1.91 bits per heavy atom. The van der Waals surface area contributed by atoms with Crippen molar-refractivity contribution in [3.63, 3.8) is 0 Å². The molecule has 4 nitrogen and oxygen atoms in total. The van der Waals surface area contributed by atoms with Gasteiger partial charge in [0.05, 0.1) is 6.04 Å². The molecule has 0 spiro atoms. The molecule has 3 N–H and O–H groups in total. The van der Waals surface area contributed by atoms with Crippen LogP contribution >= 0.6 is 11.6 Å². The number of amides is 1. The zero-order chi connectivity index (χ0) is 16.7. The summed E-state index contributed by atoms with van der Waals surface area (Å²) in [6, 6.07) is 15.0. The smallest absolute Gasteiger partial charge is 0.234 e. The van der Waals surface area contributed by atoms with Gasteiger partial charge in [-0.25, -0.2) is 0 Å². The fourth-order valence-electron chi connectivity index (χ4n) is 2.17. The van der Waals surface area contributed by atoms with Crippen LogP contribution in [0.15, 0.2) is 48.5 Å². The summed E-state index contributed by atoms with van der Waals surface area (Å²) >= 11 is 6.10. The first-order valence-electron chi connectivity index (χ1n) is 7.58. The molecular formula is C18H21ClN2O2. The zero-order valence-electron chi connectivity index (χ0n) is 13.1. The number of hydrogen-bond donors (Lipinski definition) is 2. The first kappa shape index (κ1) is 17.3. The summed E-state index contributed by atoms with van der Waals surface area (Å²) in [5.41, 5.74) is 7.33. The number of rotatable bonds is 8. The third-order valence-electron chi connectivity index (χ3n) is 3.58. The second-order valence-electron chi connectivity index (χ2n) is 5.27. The van der Waals surface area contributed by atoms with Crippen molar-refractivity contribution in [3.8, 4) is 5.75 Å². The molecule has 0 aliphatic heterocycles. The molecule has 1 amide bonds. The van der Waals surface area contributed by atoms with Gasteiger partial charge in [0.15, 0.2) is 0 Å². The van der Waals surface area contributed by atoms with E-state index in [1.807, 2.05) is 55.5 Å². The minimum atomic E-state index is -0.327. The van der Waals surface area contributed by atoms with Crippen molar-refractivity contribution in [1.29, 1.82) is 0 Å². The predicted octanol–water partition coefficient (Wildman–Crippen LogP) is 3.27. The Morgan fingerprint density at radius 1 is 1.22 bits per heavy atom. The number of ether oxygens (including phenoxy) is 1. The fraction of sp³-hybridized carbons (Fsp3) is 0.278. The molecule has 0 bridgehead atoms. The molecule has 1 unspecified atom stereocenters. The van der Waals surface area contributed by atoms with Crippen molar-refractivity contribution < 1.29 is 9.53 Å². The van der Waals surface area contributed by atoms with Crippen molar-refractivity contribution in [2.45, 2.75) is 32.5 Å². The summed E-state index contributed by atoms with van der Waals surface area (Å²) in [6.45, 7) is 2.94. The van der Waals surface area contributed by atoms with Gasteiger partial charge in [0.2, 0.25) is 5.91 Å². The standard InChI is InChI=1S/C18H21ClN2O2/c1-2-17(18(20)22)21-11-13-7-9-15(10-8-13)23-12-14-5-3-4-6-16(14)19/h3-10,17,21H,2,11-12H2,1H3,(H2,20,22). The van der Waals surface area contributed by atoms with E-state index in [4.69, 9.17) is 22.1 Å². The summed E-state index contributed by atoms with van der Waals surface area (Å²) in [5.74, 6) is 0.447. The van der Waals surface area contributed by atoms with E-state index in [1.165, 1.54) is 0 Å². The van der Waals surface area contributed by atoms with E-state index in [0.29, 0.717) is 24.6 Å². The molecule has 2 aromatic carbocycles. The lowest BCUT2D eigenvalue weighted by Crippen LogP contribution is -2.40. The molecule has 0 heterocycles. The molecule has 0 aliphatic carbocycles. The van der Waals surface area contributed by atoms with E-state index < -0.39 is 0 Å². The van der Waals surface area contributed by atoms with Gasteiger partial charge in [0, 0.05) is 17.1 Å². The Balaban J connectivity index is 1.87. The van der Waals surface area contributed by atoms with Crippen LogP contribution in [0.2, 0.25) is 5.02 Å². The first-order valence-corrected chi connectivity index (χ1v) is 7.95. The molecule has 0 aromatic heterocycles. The van der Waals surface area contributed by atoms with Gasteiger partial charge in [-0.1, -0.05) is 48.9 Å². The molecule has 122 valence electrons. The highest BCUT2D eigenvalue weighted by Gasteiger charge is 2.11. The topological polar surface area (TPSA) is 64.3 Å². The lowest BCUT2D eigenvalue weighted by molar-refractivity contribution is -0.120. The number of carbonyl (C=O) groups excluding carboxylic acids is 1. The van der Waals surface area contributed by atoms with E-state index in [9.17, 15) is 4.79 Å². The van der Waals surface area contributed by atoms with Crippen LogP contribution in [0.4, 0.5) is 0 Å². The molecule has 2 aromatic rings. The summed E-state index contributed by atoms with van der Waals surface area (Å²) in [4.78, 5) is 11.2. The third kappa shape index (κ3) is 5.27. The Morgan fingerprint density at radius 3 is 2.52 bits per heavy atom. The molecular weight excluding hydrogens is 312 g/mol. The molecule has 2 rings (SSSR count). The highest BCUT2D eigenvalue weighted by molar-refractivity contribution is 6.31. The van der Waals surface area contributed by atoms with Crippen LogP contribution in [-0.4, -0.2) is 11.9 Å². The molecule has 0 saturated carbocycles.